The molecular formula is C28H24ClN3O3S2. The Morgan fingerprint density at radius 1 is 1.03 bits per heavy atom. The molecule has 0 atom stereocenters. The largest absolute Gasteiger partial charge is 0.301 e. The fourth-order valence-corrected chi connectivity index (χ4v) is 7.49. The van der Waals surface area contributed by atoms with Crippen LogP contribution in [0.15, 0.2) is 83.1 Å². The minimum atomic E-state index is -3.61. The molecule has 1 amide bonds. The van der Waals surface area contributed by atoms with Crippen LogP contribution in [-0.2, 0) is 26.7 Å². The van der Waals surface area contributed by atoms with E-state index in [-0.39, 0.29) is 10.8 Å². The summed E-state index contributed by atoms with van der Waals surface area (Å²) in [7, 11) is -3.61. The lowest BCUT2D eigenvalue weighted by Crippen LogP contribution is -2.45. The Bertz CT molecular complexity index is 1580. The van der Waals surface area contributed by atoms with Gasteiger partial charge in [0.15, 0.2) is 5.13 Å². The standard InChI is InChI=1S/C28H24ClN3O3S2/c29-22-10-8-21(9-11-22)28(14-4-15-28)26(33)31-27-30-24(18-36-27)19-7-12-25-20(17-19)13-16-32(25)37(34,35)23-5-2-1-3-6-23/h1-3,5-12,17-18H,4,13-16H2,(H,30,31,33). The van der Waals surface area contributed by atoms with Crippen molar-refractivity contribution in [1.29, 1.82) is 0 Å². The second-order valence-corrected chi connectivity index (χ2v) is 12.6. The van der Waals surface area contributed by atoms with E-state index in [0.29, 0.717) is 28.8 Å². The number of carbonyl (C=O) groups is 1. The maximum absolute atomic E-state index is 13.3. The lowest BCUT2D eigenvalue weighted by atomic mass is 9.64. The molecule has 1 saturated carbocycles. The number of fused-ring (bicyclic) bond motifs is 1. The van der Waals surface area contributed by atoms with Gasteiger partial charge in [-0.1, -0.05) is 54.4 Å². The van der Waals surface area contributed by atoms with Crippen LogP contribution in [0.5, 0.6) is 0 Å². The number of amides is 1. The van der Waals surface area contributed by atoms with Crippen molar-refractivity contribution < 1.29 is 13.2 Å². The van der Waals surface area contributed by atoms with E-state index in [1.54, 1.807) is 30.3 Å². The lowest BCUT2D eigenvalue weighted by molar-refractivity contribution is -0.124. The highest BCUT2D eigenvalue weighted by Gasteiger charge is 2.45. The quantitative estimate of drug-likeness (QED) is 0.307. The van der Waals surface area contributed by atoms with Crippen LogP contribution in [0.2, 0.25) is 5.02 Å². The molecule has 0 bridgehead atoms. The fourth-order valence-electron chi connectivity index (χ4n) is 5.13. The second kappa shape index (κ2) is 9.28. The smallest absolute Gasteiger partial charge is 0.264 e. The highest BCUT2D eigenvalue weighted by molar-refractivity contribution is 7.92. The summed E-state index contributed by atoms with van der Waals surface area (Å²) in [5.74, 6) is -0.0438. The molecule has 2 aliphatic rings. The van der Waals surface area contributed by atoms with E-state index >= 15 is 0 Å². The summed E-state index contributed by atoms with van der Waals surface area (Å²) in [5, 5.41) is 6.15. The summed E-state index contributed by atoms with van der Waals surface area (Å²) in [5.41, 5.74) is 3.74. The predicted molar refractivity (Wildman–Crippen MR) is 148 cm³/mol. The number of hydrogen-bond acceptors (Lipinski definition) is 5. The highest BCUT2D eigenvalue weighted by atomic mass is 35.5. The van der Waals surface area contributed by atoms with E-state index in [4.69, 9.17) is 11.6 Å². The van der Waals surface area contributed by atoms with Crippen molar-refractivity contribution in [2.75, 3.05) is 16.2 Å². The minimum absolute atomic E-state index is 0.0438. The Hall–Kier alpha value is -3.20. The summed E-state index contributed by atoms with van der Waals surface area (Å²) < 4.78 is 27.8. The zero-order valence-electron chi connectivity index (χ0n) is 19.9. The summed E-state index contributed by atoms with van der Waals surface area (Å²) in [6.07, 6.45) is 3.23. The van der Waals surface area contributed by atoms with Crippen LogP contribution in [0.25, 0.3) is 11.3 Å². The maximum Gasteiger partial charge on any atom is 0.264 e. The molecule has 1 aliphatic heterocycles. The van der Waals surface area contributed by atoms with Crippen LogP contribution in [-0.4, -0.2) is 25.9 Å². The maximum atomic E-state index is 13.3. The highest BCUT2D eigenvalue weighted by Crippen LogP contribution is 2.45. The summed E-state index contributed by atoms with van der Waals surface area (Å²) in [6.45, 7) is 0.404. The number of nitrogens with zero attached hydrogens (tertiary/aromatic N) is 2. The van der Waals surface area contributed by atoms with Crippen molar-refractivity contribution in [3.8, 4) is 11.3 Å². The first-order valence-electron chi connectivity index (χ1n) is 12.1. The molecule has 188 valence electrons. The molecule has 6 rings (SSSR count). The first-order chi connectivity index (χ1) is 17.9. The van der Waals surface area contributed by atoms with Crippen LogP contribution in [0.4, 0.5) is 10.8 Å². The molecule has 4 aromatic rings. The molecule has 0 spiro atoms. The van der Waals surface area contributed by atoms with Gasteiger partial charge in [0.25, 0.3) is 10.0 Å². The van der Waals surface area contributed by atoms with Crippen molar-refractivity contribution in [1.82, 2.24) is 4.98 Å². The Morgan fingerprint density at radius 3 is 2.49 bits per heavy atom. The molecule has 0 radical (unpaired) electrons. The van der Waals surface area contributed by atoms with Gasteiger partial charge >= 0.3 is 0 Å². The van der Waals surface area contributed by atoms with Crippen molar-refractivity contribution in [3.05, 3.63) is 94.3 Å². The van der Waals surface area contributed by atoms with Gasteiger partial charge in [0.2, 0.25) is 5.91 Å². The van der Waals surface area contributed by atoms with Gasteiger partial charge in [0.05, 0.1) is 21.7 Å². The average molecular weight is 550 g/mol. The van der Waals surface area contributed by atoms with Crippen molar-refractivity contribution in [3.63, 3.8) is 0 Å². The molecule has 3 aromatic carbocycles. The number of nitrogens with one attached hydrogen (secondary N) is 1. The number of carbonyl (C=O) groups excluding carboxylic acids is 1. The van der Waals surface area contributed by atoms with Crippen LogP contribution >= 0.6 is 22.9 Å². The zero-order valence-corrected chi connectivity index (χ0v) is 22.2. The van der Waals surface area contributed by atoms with Crippen LogP contribution in [0.3, 0.4) is 0 Å². The molecule has 9 heteroatoms. The van der Waals surface area contributed by atoms with E-state index < -0.39 is 15.4 Å². The molecular weight excluding hydrogens is 526 g/mol. The Balaban J connectivity index is 1.21. The molecule has 1 aromatic heterocycles. The third kappa shape index (κ3) is 4.23. The fraction of sp³-hybridized carbons (Fsp3) is 0.214. The Labute approximate surface area is 225 Å². The third-order valence-electron chi connectivity index (χ3n) is 7.32. The Morgan fingerprint density at radius 2 is 1.78 bits per heavy atom. The summed E-state index contributed by atoms with van der Waals surface area (Å²) in [6, 6.07) is 21.7. The zero-order chi connectivity index (χ0) is 25.6. The molecule has 1 fully saturated rings. The minimum Gasteiger partial charge on any atom is -0.301 e. The molecule has 1 N–H and O–H groups in total. The predicted octanol–water partition coefficient (Wildman–Crippen LogP) is 6.28. The third-order valence-corrected chi connectivity index (χ3v) is 10.2. The van der Waals surface area contributed by atoms with E-state index in [1.165, 1.54) is 15.6 Å². The van der Waals surface area contributed by atoms with Gasteiger partial charge in [0, 0.05) is 22.5 Å². The molecule has 0 saturated heterocycles. The number of anilines is 2. The molecule has 37 heavy (non-hydrogen) atoms. The second-order valence-electron chi connectivity index (χ2n) is 9.42. The van der Waals surface area contributed by atoms with E-state index in [2.05, 4.69) is 10.3 Å². The van der Waals surface area contributed by atoms with Gasteiger partial charge in [0.1, 0.15) is 0 Å². The van der Waals surface area contributed by atoms with Crippen LogP contribution < -0.4 is 9.62 Å². The SMILES string of the molecule is O=C(Nc1nc(-c2ccc3c(c2)CCN3S(=O)(=O)c2ccccc2)cs1)C1(c2ccc(Cl)cc2)CCC1. The van der Waals surface area contributed by atoms with Crippen molar-refractivity contribution in [2.24, 2.45) is 0 Å². The van der Waals surface area contributed by atoms with Gasteiger partial charge in [-0.3, -0.25) is 9.10 Å². The van der Waals surface area contributed by atoms with E-state index in [0.717, 1.165) is 41.6 Å². The lowest BCUT2D eigenvalue weighted by Gasteiger charge is -2.40. The normalized spacial score (nSPS) is 16.2. The topological polar surface area (TPSA) is 79.4 Å². The Kier molecular flexibility index (Phi) is 6.06. The van der Waals surface area contributed by atoms with Crippen molar-refractivity contribution >= 4 is 49.7 Å². The average Bonchev–Trinajstić information content (AvgIpc) is 3.52. The number of aromatic nitrogens is 1. The van der Waals surface area contributed by atoms with Gasteiger partial charge in [-0.15, -0.1) is 11.3 Å². The van der Waals surface area contributed by atoms with Gasteiger partial charge in [-0.2, -0.15) is 0 Å². The monoisotopic (exact) mass is 549 g/mol. The number of hydrogen-bond donors (Lipinski definition) is 1. The number of thiazole rings is 1. The van der Waals surface area contributed by atoms with Crippen LogP contribution in [0, 0.1) is 0 Å². The summed E-state index contributed by atoms with van der Waals surface area (Å²) in [4.78, 5) is 18.3. The number of halogens is 1. The van der Waals surface area contributed by atoms with E-state index in [1.807, 2.05) is 47.8 Å². The molecule has 6 nitrogen and oxygen atoms in total. The van der Waals surface area contributed by atoms with Crippen molar-refractivity contribution in [2.45, 2.75) is 36.0 Å². The van der Waals surface area contributed by atoms with Gasteiger partial charge < -0.3 is 5.32 Å². The van der Waals surface area contributed by atoms with Gasteiger partial charge in [-0.05, 0) is 66.8 Å². The molecule has 1 aliphatic carbocycles. The number of rotatable bonds is 6. The van der Waals surface area contributed by atoms with E-state index in [9.17, 15) is 13.2 Å². The van der Waals surface area contributed by atoms with Gasteiger partial charge in [-0.25, -0.2) is 13.4 Å². The molecule has 0 unspecified atom stereocenters. The molecule has 2 heterocycles. The first-order valence-corrected chi connectivity index (χ1v) is 14.8. The van der Waals surface area contributed by atoms with Crippen LogP contribution in [0.1, 0.15) is 30.4 Å². The first kappa shape index (κ1) is 24.2. The number of benzene rings is 3. The summed E-state index contributed by atoms with van der Waals surface area (Å²) >= 11 is 7.43. The number of sulfonamides is 1.